The Balaban J connectivity index is 2.14. The third-order valence-corrected chi connectivity index (χ3v) is 5.46. The average Bonchev–Trinajstić information content (AvgIpc) is 2.81. The van der Waals surface area contributed by atoms with E-state index < -0.39 is 12.2 Å². The van der Waals surface area contributed by atoms with Crippen molar-refractivity contribution in [3.63, 3.8) is 0 Å². The van der Waals surface area contributed by atoms with Crippen molar-refractivity contribution >= 4 is 17.9 Å². The van der Waals surface area contributed by atoms with Crippen LogP contribution >= 0.6 is 0 Å². The molecule has 172 valence electrons. The topological polar surface area (TPSA) is 90.4 Å². The smallest absolute Gasteiger partial charge is 0.414 e. The van der Waals surface area contributed by atoms with Gasteiger partial charge in [0.1, 0.15) is 0 Å². The Morgan fingerprint density at radius 2 is 1.88 bits per heavy atom. The molecule has 2 atom stereocenters. The van der Waals surface area contributed by atoms with Gasteiger partial charge in [-0.1, -0.05) is 6.07 Å². The maximum absolute atomic E-state index is 12.8. The Bertz CT molecular complexity index is 952. The Morgan fingerprint density at radius 3 is 2.47 bits per heavy atom. The molecule has 1 aromatic heterocycles. The number of pyridine rings is 1. The molecular weight excluding hydrogens is 414 g/mol. The molecule has 0 N–H and O–H groups in total. The van der Waals surface area contributed by atoms with Gasteiger partial charge in [0.25, 0.3) is 0 Å². The van der Waals surface area contributed by atoms with Crippen LogP contribution < -0.4 is 14.4 Å². The highest BCUT2D eigenvalue weighted by atomic mass is 16.6. The van der Waals surface area contributed by atoms with Gasteiger partial charge in [0.05, 0.1) is 51.9 Å². The lowest BCUT2D eigenvalue weighted by atomic mass is 9.90. The maximum atomic E-state index is 12.8. The number of nitrogens with zero attached hydrogens (tertiary/aromatic N) is 3. The van der Waals surface area contributed by atoms with Crippen molar-refractivity contribution in [1.82, 2.24) is 9.88 Å². The lowest BCUT2D eigenvalue weighted by Gasteiger charge is -2.42. The van der Waals surface area contributed by atoms with Gasteiger partial charge in [0, 0.05) is 23.9 Å². The lowest BCUT2D eigenvalue weighted by molar-refractivity contribution is 0.0934. The van der Waals surface area contributed by atoms with Crippen molar-refractivity contribution in [2.45, 2.75) is 38.9 Å². The lowest BCUT2D eigenvalue weighted by Crippen LogP contribution is -2.47. The molecule has 0 saturated carbocycles. The number of amides is 2. The van der Waals surface area contributed by atoms with Gasteiger partial charge in [-0.3, -0.25) is 14.8 Å². The molecule has 9 heteroatoms. The van der Waals surface area contributed by atoms with Gasteiger partial charge in [-0.15, -0.1) is 0 Å². The van der Waals surface area contributed by atoms with Crippen LogP contribution in [0.3, 0.4) is 0 Å². The van der Waals surface area contributed by atoms with Crippen LogP contribution in [0.1, 0.15) is 37.6 Å². The molecule has 0 bridgehead atoms. The Labute approximate surface area is 187 Å². The predicted molar refractivity (Wildman–Crippen MR) is 118 cm³/mol. The summed E-state index contributed by atoms with van der Waals surface area (Å²) in [7, 11) is 4.42. The van der Waals surface area contributed by atoms with Gasteiger partial charge in [-0.05, 0) is 38.5 Å². The van der Waals surface area contributed by atoms with Crippen LogP contribution in [0.4, 0.5) is 15.3 Å². The van der Waals surface area contributed by atoms with E-state index >= 15 is 0 Å². The number of hydrogen-bond acceptors (Lipinski definition) is 7. The zero-order chi connectivity index (χ0) is 23.3. The summed E-state index contributed by atoms with van der Waals surface area (Å²) >= 11 is 0. The second-order valence-electron chi connectivity index (χ2n) is 7.35. The minimum absolute atomic E-state index is 0.248. The summed E-state index contributed by atoms with van der Waals surface area (Å²) in [6.07, 6.45) is 1.21. The number of fused-ring (bicyclic) bond motifs is 1. The van der Waals surface area contributed by atoms with Gasteiger partial charge in [-0.2, -0.15) is 0 Å². The monoisotopic (exact) mass is 443 g/mol. The molecule has 1 aliphatic heterocycles. The van der Waals surface area contributed by atoms with E-state index in [9.17, 15) is 9.59 Å². The summed E-state index contributed by atoms with van der Waals surface area (Å²) in [6.45, 7) is 4.18. The number of ether oxygens (including phenoxy) is 4. The fourth-order valence-electron chi connectivity index (χ4n) is 4.00. The molecule has 2 aromatic rings. The Morgan fingerprint density at radius 1 is 1.16 bits per heavy atom. The second kappa shape index (κ2) is 10.2. The van der Waals surface area contributed by atoms with Crippen molar-refractivity contribution in [3.8, 4) is 11.5 Å². The quantitative estimate of drug-likeness (QED) is 0.662. The van der Waals surface area contributed by atoms with Crippen molar-refractivity contribution in [3.05, 3.63) is 47.8 Å². The Hall–Kier alpha value is -3.49. The van der Waals surface area contributed by atoms with Crippen LogP contribution in [0.2, 0.25) is 0 Å². The molecule has 0 saturated heterocycles. The van der Waals surface area contributed by atoms with Crippen molar-refractivity contribution in [2.75, 3.05) is 32.8 Å². The van der Waals surface area contributed by atoms with E-state index in [1.165, 1.54) is 14.2 Å². The standard InChI is InChI=1S/C23H29N3O6/c1-6-32-23(28)26-15(2)11-18(17-12-20(29-3)21(30-4)13-19(17)26)25(22(27)31-5)14-16-9-7-8-10-24-16/h7-10,12-13,15,18H,6,11,14H2,1-5H3. The molecule has 0 spiro atoms. The van der Waals surface area contributed by atoms with Crippen LogP contribution in [-0.2, 0) is 16.0 Å². The molecule has 0 radical (unpaired) electrons. The number of rotatable bonds is 6. The number of carbonyl (C=O) groups excluding carboxylic acids is 2. The summed E-state index contributed by atoms with van der Waals surface area (Å²) in [4.78, 5) is 33.2. The van der Waals surface area contributed by atoms with Gasteiger partial charge in [0.2, 0.25) is 0 Å². The minimum Gasteiger partial charge on any atom is -0.493 e. The van der Waals surface area contributed by atoms with Crippen LogP contribution in [0.25, 0.3) is 0 Å². The molecule has 2 unspecified atom stereocenters. The predicted octanol–water partition coefficient (Wildman–Crippen LogP) is 4.16. The fourth-order valence-corrected chi connectivity index (χ4v) is 4.00. The Kier molecular flexibility index (Phi) is 7.40. The molecule has 0 fully saturated rings. The highest BCUT2D eigenvalue weighted by molar-refractivity contribution is 5.91. The van der Waals surface area contributed by atoms with E-state index in [0.717, 1.165) is 11.3 Å². The summed E-state index contributed by atoms with van der Waals surface area (Å²) in [6, 6.07) is 8.43. The molecule has 9 nitrogen and oxygen atoms in total. The fraction of sp³-hybridized carbons (Fsp3) is 0.435. The number of hydrogen-bond donors (Lipinski definition) is 0. The molecule has 2 amide bonds. The summed E-state index contributed by atoms with van der Waals surface area (Å²) in [5, 5.41) is 0. The molecule has 0 aliphatic carbocycles. The summed E-state index contributed by atoms with van der Waals surface area (Å²) < 4.78 is 21.4. The average molecular weight is 444 g/mol. The minimum atomic E-state index is -0.488. The molecule has 3 rings (SSSR count). The van der Waals surface area contributed by atoms with Gasteiger partial charge >= 0.3 is 12.2 Å². The number of benzene rings is 1. The van der Waals surface area contributed by atoms with Crippen molar-refractivity contribution in [1.29, 1.82) is 0 Å². The highest BCUT2D eigenvalue weighted by Gasteiger charge is 2.40. The van der Waals surface area contributed by atoms with E-state index in [-0.39, 0.29) is 25.2 Å². The third-order valence-electron chi connectivity index (χ3n) is 5.46. The van der Waals surface area contributed by atoms with Crippen LogP contribution in [0.15, 0.2) is 36.5 Å². The van der Waals surface area contributed by atoms with Crippen molar-refractivity contribution < 1.29 is 28.5 Å². The zero-order valence-electron chi connectivity index (χ0n) is 19.0. The molecule has 2 heterocycles. The summed E-state index contributed by atoms with van der Waals surface area (Å²) in [5.41, 5.74) is 2.05. The van der Waals surface area contributed by atoms with Crippen LogP contribution in [0, 0.1) is 0 Å². The number of methoxy groups -OCH3 is 3. The molecule has 1 aliphatic rings. The second-order valence-corrected chi connectivity index (χ2v) is 7.35. The molecule has 32 heavy (non-hydrogen) atoms. The largest absolute Gasteiger partial charge is 0.493 e. The maximum Gasteiger partial charge on any atom is 0.414 e. The third kappa shape index (κ3) is 4.56. The van der Waals surface area contributed by atoms with Gasteiger partial charge < -0.3 is 18.9 Å². The first-order valence-corrected chi connectivity index (χ1v) is 10.4. The van der Waals surface area contributed by atoms with Gasteiger partial charge in [-0.25, -0.2) is 9.59 Å². The van der Waals surface area contributed by atoms with E-state index in [1.54, 1.807) is 42.2 Å². The van der Waals surface area contributed by atoms with E-state index in [4.69, 9.17) is 18.9 Å². The first-order chi connectivity index (χ1) is 15.4. The van der Waals surface area contributed by atoms with Crippen LogP contribution in [0.5, 0.6) is 11.5 Å². The van der Waals surface area contributed by atoms with E-state index in [2.05, 4.69) is 4.98 Å². The molecule has 1 aromatic carbocycles. The molecular formula is C23H29N3O6. The van der Waals surface area contributed by atoms with Crippen molar-refractivity contribution in [2.24, 2.45) is 0 Å². The zero-order valence-corrected chi connectivity index (χ0v) is 19.0. The van der Waals surface area contributed by atoms with E-state index in [0.29, 0.717) is 23.6 Å². The SMILES string of the molecule is CCOC(=O)N1c2cc(OC)c(OC)cc2C(N(Cc2ccccn2)C(=O)OC)CC1C. The first-order valence-electron chi connectivity index (χ1n) is 10.4. The normalized spacial score (nSPS) is 17.2. The van der Waals surface area contributed by atoms with Gasteiger partial charge in [0.15, 0.2) is 11.5 Å². The van der Waals surface area contributed by atoms with Crippen LogP contribution in [-0.4, -0.2) is 56.0 Å². The highest BCUT2D eigenvalue weighted by Crippen LogP contribution is 2.46. The number of carbonyl (C=O) groups is 2. The first kappa shape index (κ1) is 23.2. The summed E-state index contributed by atoms with van der Waals surface area (Å²) in [5.74, 6) is 0.972. The number of anilines is 1. The van der Waals surface area contributed by atoms with E-state index in [1.807, 2.05) is 25.1 Å². The number of aromatic nitrogens is 1.